The first-order chi connectivity index (χ1) is 14.1. The van der Waals surface area contributed by atoms with E-state index >= 15 is 0 Å². The quantitative estimate of drug-likeness (QED) is 0.533. The van der Waals surface area contributed by atoms with Gasteiger partial charge in [-0.3, -0.25) is 0 Å². The molecule has 0 saturated carbocycles. The fourth-order valence-electron chi connectivity index (χ4n) is 2.99. The van der Waals surface area contributed by atoms with Crippen LogP contribution < -0.4 is 28.4 Å². The van der Waals surface area contributed by atoms with Gasteiger partial charge in [0.25, 0.3) is 0 Å². The van der Waals surface area contributed by atoms with E-state index in [1.54, 1.807) is 48.7 Å². The van der Waals surface area contributed by atoms with Crippen molar-refractivity contribution in [2.45, 2.75) is 0 Å². The van der Waals surface area contributed by atoms with Crippen LogP contribution in [0.15, 0.2) is 30.3 Å². The number of aromatic nitrogens is 1. The molecule has 0 fully saturated rings. The smallest absolute Gasteiger partial charge is 0.203 e. The molecule has 0 saturated heterocycles. The minimum absolute atomic E-state index is 0.538. The molecule has 0 spiro atoms. The largest absolute Gasteiger partial charge is 0.496 e. The van der Waals surface area contributed by atoms with Gasteiger partial charge in [-0.25, -0.2) is 0 Å². The summed E-state index contributed by atoms with van der Waals surface area (Å²) >= 11 is 1.36. The number of hydrogen-bond acceptors (Lipinski definition) is 8. The van der Waals surface area contributed by atoms with Gasteiger partial charge in [-0.2, -0.15) is 4.37 Å². The molecule has 0 aliphatic heterocycles. The second kappa shape index (κ2) is 8.91. The molecule has 0 atom stereocenters. The molecular weight excluding hydrogens is 394 g/mol. The van der Waals surface area contributed by atoms with Gasteiger partial charge in [0, 0.05) is 17.2 Å². The lowest BCUT2D eigenvalue weighted by molar-refractivity contribution is 0.324. The first kappa shape index (κ1) is 20.6. The summed E-state index contributed by atoms with van der Waals surface area (Å²) in [4.78, 5) is 0.923. The van der Waals surface area contributed by atoms with Crippen molar-refractivity contribution in [3.05, 3.63) is 30.3 Å². The van der Waals surface area contributed by atoms with Crippen LogP contribution in [0.4, 0.5) is 0 Å². The van der Waals surface area contributed by atoms with Crippen molar-refractivity contribution in [1.82, 2.24) is 4.37 Å². The highest BCUT2D eigenvalue weighted by Gasteiger charge is 2.19. The van der Waals surface area contributed by atoms with Crippen LogP contribution >= 0.6 is 11.5 Å². The second-order valence-electron chi connectivity index (χ2n) is 5.90. The standard InChI is InChI=1S/C21H23NO6S/c1-23-15-11-17(25-3)16(24-2)9-13(15)20-10-14(22-29-20)12-7-18(26-4)21(28-6)19(8-12)27-5/h7-11H,1-6H3. The molecule has 1 heterocycles. The minimum atomic E-state index is 0.538. The Morgan fingerprint density at radius 1 is 0.586 bits per heavy atom. The predicted molar refractivity (Wildman–Crippen MR) is 112 cm³/mol. The Balaban J connectivity index is 2.09. The summed E-state index contributed by atoms with van der Waals surface area (Å²) in [6.45, 7) is 0. The number of hydrogen-bond donors (Lipinski definition) is 0. The highest BCUT2D eigenvalue weighted by atomic mass is 32.1. The molecule has 3 aromatic rings. The van der Waals surface area contributed by atoms with Gasteiger partial charge in [-0.1, -0.05) is 0 Å². The molecule has 7 nitrogen and oxygen atoms in total. The Kier molecular flexibility index (Phi) is 6.33. The van der Waals surface area contributed by atoms with E-state index < -0.39 is 0 Å². The van der Waals surface area contributed by atoms with E-state index in [-0.39, 0.29) is 0 Å². The van der Waals surface area contributed by atoms with Crippen molar-refractivity contribution in [1.29, 1.82) is 0 Å². The summed E-state index contributed by atoms with van der Waals surface area (Å²) in [7, 11) is 9.55. The average molecular weight is 417 g/mol. The molecule has 3 rings (SSSR count). The third kappa shape index (κ3) is 3.88. The molecule has 0 aliphatic carbocycles. The van der Waals surface area contributed by atoms with Gasteiger partial charge in [0.2, 0.25) is 5.75 Å². The molecule has 1 aromatic heterocycles. The Bertz CT molecular complexity index is 976. The van der Waals surface area contributed by atoms with Crippen LogP contribution in [-0.2, 0) is 0 Å². The summed E-state index contributed by atoms with van der Waals surface area (Å²) in [5.41, 5.74) is 2.49. The summed E-state index contributed by atoms with van der Waals surface area (Å²) in [6, 6.07) is 9.39. The Hall–Kier alpha value is -3.13. The number of rotatable bonds is 8. The van der Waals surface area contributed by atoms with E-state index in [2.05, 4.69) is 4.37 Å². The lowest BCUT2D eigenvalue weighted by Crippen LogP contribution is -1.95. The molecule has 154 valence electrons. The minimum Gasteiger partial charge on any atom is -0.496 e. The van der Waals surface area contributed by atoms with Crippen LogP contribution in [0.1, 0.15) is 0 Å². The Morgan fingerprint density at radius 3 is 1.66 bits per heavy atom. The highest BCUT2D eigenvalue weighted by Crippen LogP contribution is 2.44. The number of ether oxygens (including phenoxy) is 6. The molecular formula is C21H23NO6S. The number of nitrogens with zero attached hydrogens (tertiary/aromatic N) is 1. The fourth-order valence-corrected chi connectivity index (χ4v) is 3.77. The monoisotopic (exact) mass is 417 g/mol. The van der Waals surface area contributed by atoms with Crippen molar-refractivity contribution in [2.75, 3.05) is 42.7 Å². The lowest BCUT2D eigenvalue weighted by atomic mass is 10.1. The summed E-state index contributed by atoms with van der Waals surface area (Å²) in [6.07, 6.45) is 0. The SMILES string of the molecule is COc1cc(OC)c(-c2cc(-c3cc(OC)c(OC)c(OC)c3)ns2)cc1OC. The zero-order chi connectivity index (χ0) is 21.0. The molecule has 0 amide bonds. The molecule has 0 radical (unpaired) electrons. The van der Waals surface area contributed by atoms with Crippen LogP contribution in [0.2, 0.25) is 0 Å². The maximum atomic E-state index is 5.55. The molecule has 0 bridgehead atoms. The first-order valence-corrected chi connectivity index (χ1v) is 9.44. The van der Waals surface area contributed by atoms with Crippen molar-refractivity contribution < 1.29 is 28.4 Å². The molecule has 0 aliphatic rings. The number of benzene rings is 2. The van der Waals surface area contributed by atoms with Crippen molar-refractivity contribution >= 4 is 11.5 Å². The topological polar surface area (TPSA) is 68.3 Å². The van der Waals surface area contributed by atoms with Crippen LogP contribution in [0.5, 0.6) is 34.5 Å². The van der Waals surface area contributed by atoms with Gasteiger partial charge >= 0.3 is 0 Å². The van der Waals surface area contributed by atoms with E-state index in [0.717, 1.165) is 21.7 Å². The molecule has 0 N–H and O–H groups in total. The van der Waals surface area contributed by atoms with E-state index in [9.17, 15) is 0 Å². The van der Waals surface area contributed by atoms with Crippen LogP contribution in [0.3, 0.4) is 0 Å². The second-order valence-corrected chi connectivity index (χ2v) is 6.70. The fraction of sp³-hybridized carbons (Fsp3) is 0.286. The first-order valence-electron chi connectivity index (χ1n) is 8.67. The van der Waals surface area contributed by atoms with Gasteiger partial charge in [0.15, 0.2) is 23.0 Å². The van der Waals surface area contributed by atoms with Gasteiger partial charge in [0.1, 0.15) is 5.75 Å². The maximum Gasteiger partial charge on any atom is 0.203 e. The van der Waals surface area contributed by atoms with Crippen LogP contribution in [0, 0.1) is 0 Å². The van der Waals surface area contributed by atoms with E-state index in [0.29, 0.717) is 34.5 Å². The molecule has 8 heteroatoms. The van der Waals surface area contributed by atoms with E-state index in [1.807, 2.05) is 24.3 Å². The van der Waals surface area contributed by atoms with Crippen LogP contribution in [-0.4, -0.2) is 47.0 Å². The third-order valence-electron chi connectivity index (χ3n) is 4.44. The van der Waals surface area contributed by atoms with Gasteiger partial charge in [-0.05, 0) is 35.8 Å². The third-order valence-corrected chi connectivity index (χ3v) is 5.26. The highest BCUT2D eigenvalue weighted by molar-refractivity contribution is 7.09. The molecule has 29 heavy (non-hydrogen) atoms. The zero-order valence-corrected chi connectivity index (χ0v) is 18.0. The Morgan fingerprint density at radius 2 is 1.14 bits per heavy atom. The van der Waals surface area contributed by atoms with Crippen molar-refractivity contribution in [3.8, 4) is 56.2 Å². The zero-order valence-electron chi connectivity index (χ0n) is 17.2. The van der Waals surface area contributed by atoms with Gasteiger partial charge < -0.3 is 28.4 Å². The average Bonchev–Trinajstić information content (AvgIpc) is 3.26. The van der Waals surface area contributed by atoms with Crippen molar-refractivity contribution in [2.24, 2.45) is 0 Å². The molecule has 2 aromatic carbocycles. The Labute approximate surface area is 173 Å². The summed E-state index contributed by atoms with van der Waals surface area (Å²) in [5, 5.41) is 0. The van der Waals surface area contributed by atoms with Crippen molar-refractivity contribution in [3.63, 3.8) is 0 Å². The molecule has 0 unspecified atom stereocenters. The van der Waals surface area contributed by atoms with Gasteiger partial charge in [0.05, 0.1) is 53.2 Å². The lowest BCUT2D eigenvalue weighted by Gasteiger charge is -2.13. The normalized spacial score (nSPS) is 10.4. The maximum absolute atomic E-state index is 5.55. The predicted octanol–water partition coefficient (Wildman–Crippen LogP) is 4.53. The van der Waals surface area contributed by atoms with E-state index in [1.165, 1.54) is 11.5 Å². The summed E-state index contributed by atoms with van der Waals surface area (Å²) < 4.78 is 37.2. The van der Waals surface area contributed by atoms with Crippen LogP contribution in [0.25, 0.3) is 21.7 Å². The summed E-state index contributed by atoms with van der Waals surface area (Å²) in [5.74, 6) is 3.56. The van der Waals surface area contributed by atoms with Gasteiger partial charge in [-0.15, -0.1) is 0 Å². The number of methoxy groups -OCH3 is 6. The van der Waals surface area contributed by atoms with E-state index in [4.69, 9.17) is 28.4 Å².